The number of hydrogen-bond acceptors (Lipinski definition) is 4. The van der Waals surface area contributed by atoms with Crippen LogP contribution in [0, 0.1) is 5.92 Å². The van der Waals surface area contributed by atoms with Gasteiger partial charge in [0.05, 0.1) is 19.5 Å². The van der Waals surface area contributed by atoms with Gasteiger partial charge in [-0.3, -0.25) is 4.79 Å². The topological polar surface area (TPSA) is 51.9 Å². The van der Waals surface area contributed by atoms with Crippen LogP contribution in [0.15, 0.2) is 22.8 Å². The summed E-state index contributed by atoms with van der Waals surface area (Å²) < 4.78 is 16.6. The molecule has 2 fully saturated rings. The van der Waals surface area contributed by atoms with Crippen molar-refractivity contribution in [3.05, 3.63) is 24.2 Å². The third kappa shape index (κ3) is 2.40. The van der Waals surface area contributed by atoms with Gasteiger partial charge in [0.15, 0.2) is 11.5 Å². The average molecular weight is 265 g/mol. The fourth-order valence-electron chi connectivity index (χ4n) is 2.91. The van der Waals surface area contributed by atoms with E-state index in [1.807, 2.05) is 11.8 Å². The first kappa shape index (κ1) is 12.7. The number of furan rings is 1. The Morgan fingerprint density at radius 1 is 1.42 bits per heavy atom. The lowest BCUT2D eigenvalue weighted by molar-refractivity contribution is -0.189. The van der Waals surface area contributed by atoms with E-state index in [4.69, 9.17) is 13.9 Å². The first-order valence-corrected chi connectivity index (χ1v) is 6.80. The van der Waals surface area contributed by atoms with Crippen LogP contribution in [0.1, 0.15) is 30.3 Å². The van der Waals surface area contributed by atoms with Crippen molar-refractivity contribution in [1.82, 2.24) is 4.90 Å². The lowest BCUT2D eigenvalue weighted by Crippen LogP contribution is -2.48. The van der Waals surface area contributed by atoms with Gasteiger partial charge in [0.1, 0.15) is 0 Å². The van der Waals surface area contributed by atoms with Crippen molar-refractivity contribution in [3.63, 3.8) is 0 Å². The molecule has 0 spiro atoms. The summed E-state index contributed by atoms with van der Waals surface area (Å²) in [5.41, 5.74) is 0. The van der Waals surface area contributed by atoms with Gasteiger partial charge in [0.2, 0.25) is 0 Å². The van der Waals surface area contributed by atoms with Gasteiger partial charge in [-0.15, -0.1) is 0 Å². The van der Waals surface area contributed by atoms with Crippen LogP contribution >= 0.6 is 0 Å². The molecule has 5 nitrogen and oxygen atoms in total. The summed E-state index contributed by atoms with van der Waals surface area (Å²) in [6.45, 7) is 4.69. The summed E-state index contributed by atoms with van der Waals surface area (Å²) in [5, 5.41) is 0. The summed E-state index contributed by atoms with van der Waals surface area (Å²) in [7, 11) is 0. The van der Waals surface area contributed by atoms with E-state index in [0.717, 1.165) is 19.4 Å². The maximum atomic E-state index is 12.3. The number of ether oxygens (including phenoxy) is 2. The number of piperidine rings is 1. The molecular weight excluding hydrogens is 246 g/mol. The number of carbonyl (C=O) groups excluding carboxylic acids is 1. The minimum Gasteiger partial charge on any atom is -0.459 e. The highest BCUT2D eigenvalue weighted by Gasteiger charge is 2.42. The van der Waals surface area contributed by atoms with Crippen molar-refractivity contribution in [2.24, 2.45) is 5.92 Å². The number of nitrogens with zero attached hydrogens (tertiary/aromatic N) is 1. The van der Waals surface area contributed by atoms with Gasteiger partial charge in [-0.2, -0.15) is 0 Å². The number of carbonyl (C=O) groups is 1. The van der Waals surface area contributed by atoms with E-state index in [-0.39, 0.29) is 11.8 Å². The van der Waals surface area contributed by atoms with Crippen LogP contribution in [-0.4, -0.2) is 42.9 Å². The van der Waals surface area contributed by atoms with Gasteiger partial charge >= 0.3 is 0 Å². The van der Waals surface area contributed by atoms with E-state index < -0.39 is 5.79 Å². The second-order valence-corrected chi connectivity index (χ2v) is 5.28. The molecule has 2 saturated heterocycles. The molecule has 3 heterocycles. The predicted molar refractivity (Wildman–Crippen MR) is 67.6 cm³/mol. The zero-order valence-corrected chi connectivity index (χ0v) is 11.1. The quantitative estimate of drug-likeness (QED) is 0.819. The molecule has 0 bridgehead atoms. The largest absolute Gasteiger partial charge is 0.459 e. The number of likely N-dealkylation sites (tertiary alicyclic amines) is 1. The summed E-state index contributed by atoms with van der Waals surface area (Å²) in [4.78, 5) is 14.1. The van der Waals surface area contributed by atoms with Crippen LogP contribution < -0.4 is 0 Å². The van der Waals surface area contributed by atoms with E-state index in [2.05, 4.69) is 0 Å². The lowest BCUT2D eigenvalue weighted by atomic mass is 9.90. The van der Waals surface area contributed by atoms with Crippen LogP contribution in [0.2, 0.25) is 0 Å². The Morgan fingerprint density at radius 3 is 2.89 bits per heavy atom. The maximum absolute atomic E-state index is 12.3. The number of amides is 1. The molecule has 1 aromatic rings. The summed E-state index contributed by atoms with van der Waals surface area (Å²) in [6, 6.07) is 3.44. The third-order valence-electron chi connectivity index (χ3n) is 4.04. The minimum atomic E-state index is -0.540. The normalized spacial score (nSPS) is 26.6. The molecule has 104 valence electrons. The van der Waals surface area contributed by atoms with Crippen LogP contribution in [0.4, 0.5) is 0 Å². The summed E-state index contributed by atoms with van der Waals surface area (Å²) in [6.07, 6.45) is 3.52. The van der Waals surface area contributed by atoms with Gasteiger partial charge < -0.3 is 18.8 Å². The Balaban J connectivity index is 1.69. The molecule has 2 aliphatic heterocycles. The Morgan fingerprint density at radius 2 is 2.21 bits per heavy atom. The molecule has 1 amide bonds. The van der Waals surface area contributed by atoms with E-state index in [1.54, 1.807) is 12.1 Å². The van der Waals surface area contributed by atoms with Crippen LogP contribution in [0.25, 0.3) is 0 Å². The summed E-state index contributed by atoms with van der Waals surface area (Å²) >= 11 is 0. The molecule has 0 aromatic carbocycles. The molecule has 0 unspecified atom stereocenters. The first-order valence-electron chi connectivity index (χ1n) is 6.80. The second kappa shape index (κ2) is 4.98. The lowest BCUT2D eigenvalue weighted by Gasteiger charge is -2.39. The minimum absolute atomic E-state index is 0.0451. The van der Waals surface area contributed by atoms with Gasteiger partial charge in [-0.25, -0.2) is 0 Å². The zero-order valence-electron chi connectivity index (χ0n) is 11.1. The van der Waals surface area contributed by atoms with E-state index in [1.165, 1.54) is 6.26 Å². The molecule has 0 saturated carbocycles. The molecule has 0 N–H and O–H groups in total. The number of hydrogen-bond donors (Lipinski definition) is 0. The van der Waals surface area contributed by atoms with Gasteiger partial charge in [-0.05, 0) is 31.9 Å². The fourth-order valence-corrected chi connectivity index (χ4v) is 2.91. The van der Waals surface area contributed by atoms with Crippen molar-refractivity contribution in [2.75, 3.05) is 26.3 Å². The zero-order chi connectivity index (χ0) is 13.3. The molecule has 2 aliphatic rings. The van der Waals surface area contributed by atoms with Crippen molar-refractivity contribution >= 4 is 5.91 Å². The molecular formula is C14H19NO4. The highest BCUT2D eigenvalue weighted by atomic mass is 16.7. The van der Waals surface area contributed by atoms with Crippen LogP contribution in [0.5, 0.6) is 0 Å². The molecule has 1 atom stereocenters. The Hall–Kier alpha value is -1.33. The van der Waals surface area contributed by atoms with Crippen molar-refractivity contribution < 1.29 is 18.7 Å². The maximum Gasteiger partial charge on any atom is 0.289 e. The van der Waals surface area contributed by atoms with E-state index in [0.29, 0.717) is 25.5 Å². The highest BCUT2D eigenvalue weighted by molar-refractivity contribution is 5.91. The monoisotopic (exact) mass is 265 g/mol. The summed E-state index contributed by atoms with van der Waals surface area (Å²) in [5.74, 6) is 0.0419. The fraction of sp³-hybridized carbons (Fsp3) is 0.643. The predicted octanol–water partition coefficient (Wildman–Crippen LogP) is 1.89. The van der Waals surface area contributed by atoms with Crippen LogP contribution in [0.3, 0.4) is 0 Å². The van der Waals surface area contributed by atoms with Crippen LogP contribution in [-0.2, 0) is 9.47 Å². The molecule has 5 heteroatoms. The first-order chi connectivity index (χ1) is 9.19. The van der Waals surface area contributed by atoms with Gasteiger partial charge in [0.25, 0.3) is 5.91 Å². The third-order valence-corrected chi connectivity index (χ3v) is 4.04. The van der Waals surface area contributed by atoms with Crippen molar-refractivity contribution in [3.8, 4) is 0 Å². The molecule has 0 radical (unpaired) electrons. The Kier molecular flexibility index (Phi) is 3.33. The molecule has 19 heavy (non-hydrogen) atoms. The average Bonchev–Trinajstić information content (AvgIpc) is 3.10. The molecule has 0 aliphatic carbocycles. The van der Waals surface area contributed by atoms with Crippen molar-refractivity contribution in [2.45, 2.75) is 25.6 Å². The van der Waals surface area contributed by atoms with Crippen molar-refractivity contribution in [1.29, 1.82) is 0 Å². The highest BCUT2D eigenvalue weighted by Crippen LogP contribution is 2.34. The smallest absolute Gasteiger partial charge is 0.289 e. The SMILES string of the molecule is CC1([C@@H]2CCCN(C(=O)c3ccco3)C2)OCCO1. The van der Waals surface area contributed by atoms with Gasteiger partial charge in [0, 0.05) is 19.0 Å². The molecule has 3 rings (SSSR count). The second-order valence-electron chi connectivity index (χ2n) is 5.28. The Bertz CT molecular complexity index is 436. The van der Waals surface area contributed by atoms with E-state index >= 15 is 0 Å². The standard InChI is InChI=1S/C14H19NO4/c1-14(18-8-9-19-14)11-4-2-6-15(10-11)13(16)12-5-3-7-17-12/h3,5,7,11H,2,4,6,8-10H2,1H3/t11-/m1/s1. The Labute approximate surface area is 112 Å². The number of rotatable bonds is 2. The van der Waals surface area contributed by atoms with Gasteiger partial charge in [-0.1, -0.05) is 0 Å². The molecule has 1 aromatic heterocycles. The van der Waals surface area contributed by atoms with E-state index in [9.17, 15) is 4.79 Å².